The van der Waals surface area contributed by atoms with Crippen LogP contribution in [0.2, 0.25) is 0 Å². The molecular weight excluding hydrogens is 294 g/mol. The molecule has 0 radical (unpaired) electrons. The van der Waals surface area contributed by atoms with Crippen molar-refractivity contribution >= 4 is 23.4 Å². The lowest BCUT2D eigenvalue weighted by atomic mass is 10.2. The van der Waals surface area contributed by atoms with Gasteiger partial charge in [0.05, 0.1) is 10.6 Å². The first-order valence-electron chi connectivity index (χ1n) is 6.14. The predicted octanol–water partition coefficient (Wildman–Crippen LogP) is 3.52. The molecule has 0 fully saturated rings. The second-order valence-electron chi connectivity index (χ2n) is 4.30. The molecule has 0 spiro atoms. The Morgan fingerprint density at radius 3 is 2.45 bits per heavy atom. The van der Waals surface area contributed by atoms with E-state index in [4.69, 9.17) is 0 Å². The number of nitrogens with zero attached hydrogens (tertiary/aromatic N) is 1. The first-order chi connectivity index (χ1) is 10.5. The molecule has 22 heavy (non-hydrogen) atoms. The van der Waals surface area contributed by atoms with Crippen LogP contribution in [-0.2, 0) is 4.79 Å². The van der Waals surface area contributed by atoms with Crippen LogP contribution in [0.4, 0.5) is 20.2 Å². The van der Waals surface area contributed by atoms with Gasteiger partial charge < -0.3 is 5.32 Å². The Balaban J connectivity index is 2.10. The van der Waals surface area contributed by atoms with E-state index in [0.29, 0.717) is 5.56 Å². The van der Waals surface area contributed by atoms with Crippen LogP contribution in [0.5, 0.6) is 0 Å². The Morgan fingerprint density at radius 2 is 1.82 bits per heavy atom. The highest BCUT2D eigenvalue weighted by Gasteiger charge is 2.11. The summed E-state index contributed by atoms with van der Waals surface area (Å²) in [5.41, 5.74) is -0.0433. The number of hydrogen-bond donors (Lipinski definition) is 1. The number of hydrogen-bond acceptors (Lipinski definition) is 3. The van der Waals surface area contributed by atoms with Crippen molar-refractivity contribution in [2.45, 2.75) is 0 Å². The molecular formula is C15H10F2N2O3. The second-order valence-corrected chi connectivity index (χ2v) is 4.30. The number of amides is 1. The number of benzene rings is 2. The fourth-order valence-corrected chi connectivity index (χ4v) is 1.64. The van der Waals surface area contributed by atoms with Crippen molar-refractivity contribution in [3.63, 3.8) is 0 Å². The summed E-state index contributed by atoms with van der Waals surface area (Å²) in [5.74, 6) is -1.85. The Kier molecular flexibility index (Phi) is 4.57. The number of non-ortho nitro benzene ring substituents is 1. The lowest BCUT2D eigenvalue weighted by molar-refractivity contribution is -0.384. The Hall–Kier alpha value is -3.09. The molecule has 7 heteroatoms. The summed E-state index contributed by atoms with van der Waals surface area (Å²) >= 11 is 0. The lowest BCUT2D eigenvalue weighted by Crippen LogP contribution is -2.09. The van der Waals surface area contributed by atoms with Crippen LogP contribution in [0.3, 0.4) is 0 Å². The van der Waals surface area contributed by atoms with Gasteiger partial charge in [0.2, 0.25) is 5.91 Å². The van der Waals surface area contributed by atoms with Crippen molar-refractivity contribution in [2.24, 2.45) is 0 Å². The third-order valence-electron chi connectivity index (χ3n) is 2.72. The maximum atomic E-state index is 13.5. The third kappa shape index (κ3) is 3.95. The van der Waals surface area contributed by atoms with Crippen LogP contribution in [0.15, 0.2) is 48.5 Å². The summed E-state index contributed by atoms with van der Waals surface area (Å²) < 4.78 is 26.2. The van der Waals surface area contributed by atoms with E-state index >= 15 is 0 Å². The van der Waals surface area contributed by atoms with Gasteiger partial charge in [0.25, 0.3) is 5.69 Å². The number of nitro benzene ring substituents is 1. The van der Waals surface area contributed by atoms with E-state index in [9.17, 15) is 23.7 Å². The van der Waals surface area contributed by atoms with E-state index in [2.05, 4.69) is 5.32 Å². The monoisotopic (exact) mass is 304 g/mol. The van der Waals surface area contributed by atoms with E-state index < -0.39 is 22.5 Å². The van der Waals surface area contributed by atoms with Crippen LogP contribution in [0.1, 0.15) is 5.56 Å². The van der Waals surface area contributed by atoms with Crippen LogP contribution in [-0.4, -0.2) is 10.8 Å². The average molecular weight is 304 g/mol. The first kappa shape index (κ1) is 15.3. The van der Waals surface area contributed by atoms with Gasteiger partial charge in [-0.3, -0.25) is 14.9 Å². The quantitative estimate of drug-likeness (QED) is 0.533. The van der Waals surface area contributed by atoms with Gasteiger partial charge in [-0.05, 0) is 29.8 Å². The minimum Gasteiger partial charge on any atom is -0.320 e. The SMILES string of the molecule is O=C(C=Cc1ccc(F)cc1)Nc1cc([N+](=O)[O-])ccc1F. The number of rotatable bonds is 4. The van der Waals surface area contributed by atoms with Crippen molar-refractivity contribution in [3.8, 4) is 0 Å². The Bertz CT molecular complexity index is 743. The third-order valence-corrected chi connectivity index (χ3v) is 2.72. The zero-order chi connectivity index (χ0) is 16.1. The molecule has 0 aromatic heterocycles. The molecule has 5 nitrogen and oxygen atoms in total. The molecule has 1 amide bonds. The lowest BCUT2D eigenvalue weighted by Gasteiger charge is -2.03. The first-order valence-corrected chi connectivity index (χ1v) is 6.14. The van der Waals surface area contributed by atoms with E-state index in [-0.39, 0.29) is 11.4 Å². The molecule has 0 heterocycles. The highest BCUT2D eigenvalue weighted by atomic mass is 19.1. The van der Waals surface area contributed by atoms with Gasteiger partial charge in [-0.1, -0.05) is 12.1 Å². The molecule has 2 rings (SSSR count). The molecule has 0 aliphatic heterocycles. The minimum atomic E-state index is -0.783. The number of nitro groups is 1. The van der Waals surface area contributed by atoms with Gasteiger partial charge in [0, 0.05) is 18.2 Å². The molecule has 0 aliphatic rings. The molecule has 0 bridgehead atoms. The largest absolute Gasteiger partial charge is 0.320 e. The molecule has 0 saturated heterocycles. The van der Waals surface area contributed by atoms with Crippen molar-refractivity contribution in [1.29, 1.82) is 0 Å². The van der Waals surface area contributed by atoms with Crippen molar-refractivity contribution in [1.82, 2.24) is 0 Å². The number of anilines is 1. The van der Waals surface area contributed by atoms with Crippen LogP contribution in [0.25, 0.3) is 6.08 Å². The number of carbonyl (C=O) groups excluding carboxylic acids is 1. The molecule has 2 aromatic rings. The van der Waals surface area contributed by atoms with Gasteiger partial charge in [0.1, 0.15) is 11.6 Å². The van der Waals surface area contributed by atoms with E-state index in [1.165, 1.54) is 30.3 Å². The summed E-state index contributed by atoms with van der Waals surface area (Å²) in [7, 11) is 0. The predicted molar refractivity (Wildman–Crippen MR) is 77.1 cm³/mol. The minimum absolute atomic E-state index is 0.289. The molecule has 0 atom stereocenters. The van der Waals surface area contributed by atoms with Crippen LogP contribution in [0, 0.1) is 21.7 Å². The zero-order valence-electron chi connectivity index (χ0n) is 11.1. The van der Waals surface area contributed by atoms with Crippen molar-refractivity contribution < 1.29 is 18.5 Å². The zero-order valence-corrected chi connectivity index (χ0v) is 11.1. The van der Waals surface area contributed by atoms with Gasteiger partial charge in [-0.25, -0.2) is 8.78 Å². The second kappa shape index (κ2) is 6.57. The summed E-state index contributed by atoms with van der Waals surface area (Å²) in [6, 6.07) is 8.23. The number of nitrogens with one attached hydrogen (secondary N) is 1. The standard InChI is InChI=1S/C15H10F2N2O3/c16-11-4-1-10(2-5-11)3-8-15(20)18-14-9-12(19(21)22)6-7-13(14)17/h1-9H,(H,18,20). The summed E-state index contributed by atoms with van der Waals surface area (Å²) in [6.07, 6.45) is 2.52. The molecule has 0 aliphatic carbocycles. The molecule has 0 saturated carbocycles. The fourth-order valence-electron chi connectivity index (χ4n) is 1.64. The normalized spacial score (nSPS) is 10.6. The van der Waals surface area contributed by atoms with Crippen molar-refractivity contribution in [3.05, 3.63) is 75.9 Å². The van der Waals surface area contributed by atoms with Gasteiger partial charge >= 0.3 is 0 Å². The van der Waals surface area contributed by atoms with Crippen molar-refractivity contribution in [2.75, 3.05) is 5.32 Å². The van der Waals surface area contributed by atoms with E-state index in [1.807, 2.05) is 0 Å². The Labute approximate surface area is 124 Å². The summed E-state index contributed by atoms with van der Waals surface area (Å²) in [4.78, 5) is 21.6. The Morgan fingerprint density at radius 1 is 1.14 bits per heavy atom. The van der Waals surface area contributed by atoms with Gasteiger partial charge in [-0.2, -0.15) is 0 Å². The van der Waals surface area contributed by atoms with E-state index in [0.717, 1.165) is 24.3 Å². The number of carbonyl (C=O) groups is 1. The fraction of sp³-hybridized carbons (Fsp3) is 0. The number of halogens is 2. The molecule has 0 unspecified atom stereocenters. The van der Waals surface area contributed by atoms with Gasteiger partial charge in [-0.15, -0.1) is 0 Å². The highest BCUT2D eigenvalue weighted by molar-refractivity contribution is 6.02. The maximum absolute atomic E-state index is 13.5. The maximum Gasteiger partial charge on any atom is 0.271 e. The van der Waals surface area contributed by atoms with Crippen LogP contribution < -0.4 is 5.32 Å². The summed E-state index contributed by atoms with van der Waals surface area (Å²) in [6.45, 7) is 0. The summed E-state index contributed by atoms with van der Waals surface area (Å²) in [5, 5.41) is 12.8. The molecule has 112 valence electrons. The average Bonchev–Trinajstić information content (AvgIpc) is 2.48. The molecule has 1 N–H and O–H groups in total. The van der Waals surface area contributed by atoms with Crippen LogP contribution >= 0.6 is 0 Å². The smallest absolute Gasteiger partial charge is 0.271 e. The van der Waals surface area contributed by atoms with Gasteiger partial charge in [0.15, 0.2) is 0 Å². The molecule has 2 aromatic carbocycles. The topological polar surface area (TPSA) is 72.2 Å². The van der Waals surface area contributed by atoms with E-state index in [1.54, 1.807) is 0 Å². The highest BCUT2D eigenvalue weighted by Crippen LogP contribution is 2.21.